The molecule has 0 amide bonds. The van der Waals surface area contributed by atoms with Crippen molar-refractivity contribution in [3.8, 4) is 0 Å². The van der Waals surface area contributed by atoms with Crippen molar-refractivity contribution in [3.05, 3.63) is 59.7 Å². The van der Waals surface area contributed by atoms with E-state index in [0.29, 0.717) is 0 Å². The average Bonchev–Trinajstić information content (AvgIpc) is 2.47. The fraction of sp³-hybridized carbons (Fsp3) is 0.188. The predicted octanol–water partition coefficient (Wildman–Crippen LogP) is 2.82. The lowest BCUT2D eigenvalue weighted by Gasteiger charge is -2.23. The SMILES string of the molecule is Cc1ccc(S(=O)(=O)NC2=NC(C)c3ccccc3N2)cc1. The largest absolute Gasteiger partial charge is 0.325 e. The first-order valence-electron chi connectivity index (χ1n) is 6.99. The fourth-order valence-corrected chi connectivity index (χ4v) is 3.32. The normalized spacial score (nSPS) is 17.2. The van der Waals surface area contributed by atoms with Gasteiger partial charge in [-0.25, -0.2) is 18.1 Å². The molecular formula is C16H17N3O2S. The summed E-state index contributed by atoms with van der Waals surface area (Å²) in [5.74, 6) is 0.242. The van der Waals surface area contributed by atoms with Crippen LogP contribution in [0.4, 0.5) is 5.69 Å². The number of anilines is 1. The number of para-hydroxylation sites is 1. The summed E-state index contributed by atoms with van der Waals surface area (Å²) in [6.07, 6.45) is 0. The molecule has 2 N–H and O–H groups in total. The summed E-state index contributed by atoms with van der Waals surface area (Å²) in [7, 11) is -3.65. The van der Waals surface area contributed by atoms with Gasteiger partial charge < -0.3 is 5.32 Å². The minimum Gasteiger partial charge on any atom is -0.325 e. The monoisotopic (exact) mass is 315 g/mol. The molecule has 1 aliphatic rings. The van der Waals surface area contributed by atoms with E-state index < -0.39 is 10.0 Å². The van der Waals surface area contributed by atoms with Crippen LogP contribution < -0.4 is 10.0 Å². The Morgan fingerprint density at radius 2 is 1.77 bits per heavy atom. The van der Waals surface area contributed by atoms with Gasteiger partial charge in [-0.1, -0.05) is 35.9 Å². The van der Waals surface area contributed by atoms with Crippen molar-refractivity contribution in [1.29, 1.82) is 0 Å². The highest BCUT2D eigenvalue weighted by Gasteiger charge is 2.22. The summed E-state index contributed by atoms with van der Waals surface area (Å²) < 4.78 is 27.3. The van der Waals surface area contributed by atoms with Crippen LogP contribution >= 0.6 is 0 Å². The Bertz CT molecular complexity index is 827. The van der Waals surface area contributed by atoms with E-state index in [4.69, 9.17) is 0 Å². The van der Waals surface area contributed by atoms with Crippen molar-refractivity contribution in [3.63, 3.8) is 0 Å². The third-order valence-corrected chi connectivity index (χ3v) is 4.90. The molecule has 0 fully saturated rings. The van der Waals surface area contributed by atoms with Gasteiger partial charge in [-0.15, -0.1) is 0 Å². The van der Waals surface area contributed by atoms with Gasteiger partial charge in [0.05, 0.1) is 10.9 Å². The Morgan fingerprint density at radius 3 is 2.50 bits per heavy atom. The molecule has 0 saturated heterocycles. The zero-order chi connectivity index (χ0) is 15.7. The molecule has 1 atom stereocenters. The van der Waals surface area contributed by atoms with E-state index in [1.54, 1.807) is 24.3 Å². The zero-order valence-electron chi connectivity index (χ0n) is 12.4. The van der Waals surface area contributed by atoms with Gasteiger partial charge in [0.25, 0.3) is 10.0 Å². The molecule has 0 aromatic heterocycles. The van der Waals surface area contributed by atoms with Gasteiger partial charge in [0.1, 0.15) is 0 Å². The number of fused-ring (bicyclic) bond motifs is 1. The number of sulfonamides is 1. The number of hydrogen-bond acceptors (Lipinski definition) is 4. The number of aliphatic imine (C=N–C) groups is 1. The van der Waals surface area contributed by atoms with Crippen LogP contribution in [0.15, 0.2) is 58.4 Å². The summed E-state index contributed by atoms with van der Waals surface area (Å²) >= 11 is 0. The topological polar surface area (TPSA) is 70.6 Å². The molecule has 0 spiro atoms. The van der Waals surface area contributed by atoms with Crippen LogP contribution in [-0.4, -0.2) is 14.4 Å². The highest BCUT2D eigenvalue weighted by Crippen LogP contribution is 2.28. The minimum atomic E-state index is -3.65. The van der Waals surface area contributed by atoms with Gasteiger partial charge in [-0.05, 0) is 37.6 Å². The molecule has 1 heterocycles. The van der Waals surface area contributed by atoms with Gasteiger partial charge in [-0.2, -0.15) is 0 Å². The number of rotatable bonds is 2. The molecule has 5 nitrogen and oxygen atoms in total. The molecule has 0 aliphatic carbocycles. The quantitative estimate of drug-likeness (QED) is 0.895. The Labute approximate surface area is 130 Å². The summed E-state index contributed by atoms with van der Waals surface area (Å²) in [5, 5.41) is 3.02. The minimum absolute atomic E-state index is 0.104. The average molecular weight is 315 g/mol. The van der Waals surface area contributed by atoms with Crippen LogP contribution in [0.2, 0.25) is 0 Å². The third kappa shape index (κ3) is 2.82. The van der Waals surface area contributed by atoms with Crippen LogP contribution in [-0.2, 0) is 10.0 Å². The van der Waals surface area contributed by atoms with Crippen molar-refractivity contribution in [2.45, 2.75) is 24.8 Å². The van der Waals surface area contributed by atoms with E-state index >= 15 is 0 Å². The first-order valence-corrected chi connectivity index (χ1v) is 8.47. The second-order valence-corrected chi connectivity index (χ2v) is 6.97. The van der Waals surface area contributed by atoms with Gasteiger partial charge in [0.15, 0.2) is 0 Å². The second-order valence-electron chi connectivity index (χ2n) is 5.28. The summed E-state index contributed by atoms with van der Waals surface area (Å²) in [5.41, 5.74) is 2.92. The van der Waals surface area contributed by atoms with Crippen LogP contribution in [0.5, 0.6) is 0 Å². The molecule has 1 unspecified atom stereocenters. The second kappa shape index (κ2) is 5.46. The molecule has 0 bridgehead atoms. The van der Waals surface area contributed by atoms with Crippen LogP contribution in [0.25, 0.3) is 0 Å². The number of guanidine groups is 1. The predicted molar refractivity (Wildman–Crippen MR) is 87.4 cm³/mol. The number of aryl methyl sites for hydroxylation is 1. The number of nitrogens with zero attached hydrogens (tertiary/aromatic N) is 1. The van der Waals surface area contributed by atoms with Gasteiger partial charge in [-0.3, -0.25) is 0 Å². The highest BCUT2D eigenvalue weighted by molar-refractivity contribution is 7.90. The Hall–Kier alpha value is -2.34. The van der Waals surface area contributed by atoms with E-state index in [1.165, 1.54) is 0 Å². The van der Waals surface area contributed by atoms with Crippen molar-refractivity contribution < 1.29 is 8.42 Å². The first-order chi connectivity index (χ1) is 10.5. The first kappa shape index (κ1) is 14.6. The van der Waals surface area contributed by atoms with Crippen molar-refractivity contribution in [2.24, 2.45) is 4.99 Å². The number of benzene rings is 2. The highest BCUT2D eigenvalue weighted by atomic mass is 32.2. The maximum Gasteiger partial charge on any atom is 0.264 e. The maximum atomic E-state index is 12.4. The molecule has 1 aliphatic heterocycles. The van der Waals surface area contributed by atoms with Crippen LogP contribution in [0.1, 0.15) is 24.1 Å². The molecule has 0 saturated carbocycles. The summed E-state index contributed by atoms with van der Waals surface area (Å²) in [6.45, 7) is 3.84. The molecule has 0 radical (unpaired) electrons. The Balaban J connectivity index is 1.86. The lowest BCUT2D eigenvalue weighted by atomic mass is 10.1. The smallest absolute Gasteiger partial charge is 0.264 e. The lowest BCUT2D eigenvalue weighted by Crippen LogP contribution is -2.38. The Kier molecular flexibility index (Phi) is 3.62. The van der Waals surface area contributed by atoms with E-state index in [2.05, 4.69) is 15.0 Å². The van der Waals surface area contributed by atoms with Gasteiger partial charge in [0, 0.05) is 5.69 Å². The van der Waals surface area contributed by atoms with E-state index in [0.717, 1.165) is 16.8 Å². The van der Waals surface area contributed by atoms with Crippen LogP contribution in [0, 0.1) is 6.92 Å². The van der Waals surface area contributed by atoms with Crippen LogP contribution in [0.3, 0.4) is 0 Å². The van der Waals surface area contributed by atoms with Crippen molar-refractivity contribution in [2.75, 3.05) is 5.32 Å². The van der Waals surface area contributed by atoms with Gasteiger partial charge >= 0.3 is 0 Å². The molecule has 22 heavy (non-hydrogen) atoms. The molecule has 114 valence electrons. The van der Waals surface area contributed by atoms with Crippen molar-refractivity contribution in [1.82, 2.24) is 4.72 Å². The van der Waals surface area contributed by atoms with Gasteiger partial charge in [0.2, 0.25) is 5.96 Å². The molecule has 3 rings (SSSR count). The summed E-state index contributed by atoms with van der Waals surface area (Å²) in [6, 6.07) is 14.3. The van der Waals surface area contributed by atoms with E-state index in [9.17, 15) is 8.42 Å². The lowest BCUT2D eigenvalue weighted by molar-refractivity contribution is 0.592. The Morgan fingerprint density at radius 1 is 1.09 bits per heavy atom. The molecular weight excluding hydrogens is 298 g/mol. The summed E-state index contributed by atoms with van der Waals surface area (Å²) in [4.78, 5) is 4.58. The number of hydrogen-bond donors (Lipinski definition) is 2. The van der Waals surface area contributed by atoms with E-state index in [1.807, 2.05) is 38.1 Å². The number of nitrogens with one attached hydrogen (secondary N) is 2. The molecule has 6 heteroatoms. The maximum absolute atomic E-state index is 12.4. The fourth-order valence-electron chi connectivity index (χ4n) is 2.35. The molecule has 2 aromatic rings. The van der Waals surface area contributed by atoms with E-state index in [-0.39, 0.29) is 16.9 Å². The third-order valence-electron chi connectivity index (χ3n) is 3.55. The van der Waals surface area contributed by atoms with Crippen molar-refractivity contribution >= 4 is 21.7 Å². The standard InChI is InChI=1S/C16H17N3O2S/c1-11-7-9-13(10-8-11)22(20,21)19-16-17-12(2)14-5-3-4-6-15(14)18-16/h3-10,12H,1-2H3,(H2,17,18,19). The molecule has 2 aromatic carbocycles. The zero-order valence-corrected chi connectivity index (χ0v) is 13.2.